The van der Waals surface area contributed by atoms with Crippen molar-refractivity contribution in [1.29, 1.82) is 0 Å². The molecule has 6 nitrogen and oxygen atoms in total. The summed E-state index contributed by atoms with van der Waals surface area (Å²) in [6.45, 7) is 0. The SMILES string of the molecule is CSC(=[SH+])[N-]N=Cc1cc2ccccc2cn1.CSC(=[SH+])[N-]N=Cc1nccc2ccccc12.[Mn+2]. The fraction of sp³-hybridized carbons (Fsp3) is 0.0833. The normalized spacial score (nSPS) is 10.6. The predicted molar refractivity (Wildman–Crippen MR) is 160 cm³/mol. The number of benzene rings is 2. The smallest absolute Gasteiger partial charge is 0.520 e. The van der Waals surface area contributed by atoms with Gasteiger partial charge in [0, 0.05) is 35.6 Å². The number of hydrogen-bond acceptors (Lipinski definition) is 6. The monoisotopic (exact) mass is 577 g/mol. The Morgan fingerprint density at radius 2 is 1.40 bits per heavy atom. The fourth-order valence-electron chi connectivity index (χ4n) is 2.77. The predicted octanol–water partition coefficient (Wildman–Crippen LogP) is 5.34. The third-order valence-electron chi connectivity index (χ3n) is 4.38. The van der Waals surface area contributed by atoms with Crippen molar-refractivity contribution < 1.29 is 17.1 Å². The van der Waals surface area contributed by atoms with Crippen LogP contribution < -0.4 is 0 Å². The number of pyridine rings is 2. The van der Waals surface area contributed by atoms with E-state index in [9.17, 15) is 0 Å². The molecule has 35 heavy (non-hydrogen) atoms. The van der Waals surface area contributed by atoms with Gasteiger partial charge in [-0.3, -0.25) is 9.97 Å². The molecular formula is C24H22MnN6S4+2. The van der Waals surface area contributed by atoms with Gasteiger partial charge in [0.05, 0.1) is 11.4 Å². The van der Waals surface area contributed by atoms with E-state index in [1.54, 1.807) is 18.6 Å². The van der Waals surface area contributed by atoms with E-state index in [1.165, 1.54) is 23.5 Å². The van der Waals surface area contributed by atoms with Crippen LogP contribution in [-0.4, -0.2) is 43.5 Å². The Balaban J connectivity index is 0.000000240. The fourth-order valence-corrected chi connectivity index (χ4v) is 3.13. The van der Waals surface area contributed by atoms with Gasteiger partial charge in [-0.05, 0) is 35.4 Å². The number of rotatable bonds is 4. The van der Waals surface area contributed by atoms with Crippen molar-refractivity contribution in [2.24, 2.45) is 10.2 Å². The van der Waals surface area contributed by atoms with E-state index in [1.807, 2.05) is 79.4 Å². The van der Waals surface area contributed by atoms with E-state index in [0.717, 1.165) is 32.9 Å². The second-order valence-corrected chi connectivity index (χ2v) is 9.58. The summed E-state index contributed by atoms with van der Waals surface area (Å²) in [6, 6.07) is 20.1. The quantitative estimate of drug-likeness (QED) is 0.0819. The number of thiol groups is 2. The molecule has 0 aliphatic heterocycles. The maximum Gasteiger partial charge on any atom is 2.00 e. The van der Waals surface area contributed by atoms with Gasteiger partial charge in [-0.1, -0.05) is 72.1 Å². The van der Waals surface area contributed by atoms with Crippen LogP contribution >= 0.6 is 23.5 Å². The molecule has 0 fully saturated rings. The van der Waals surface area contributed by atoms with Crippen molar-refractivity contribution >= 4 is 90.6 Å². The number of fused-ring (bicyclic) bond motifs is 2. The minimum Gasteiger partial charge on any atom is -0.520 e. The Morgan fingerprint density at radius 1 is 0.800 bits per heavy atom. The van der Waals surface area contributed by atoms with E-state index >= 15 is 0 Å². The zero-order valence-electron chi connectivity index (χ0n) is 18.9. The second kappa shape index (κ2) is 15.6. The molecule has 1 radical (unpaired) electrons. The van der Waals surface area contributed by atoms with Crippen LogP contribution in [0, 0.1) is 0 Å². The van der Waals surface area contributed by atoms with E-state index in [-0.39, 0.29) is 17.1 Å². The zero-order valence-corrected chi connectivity index (χ0v) is 23.5. The summed E-state index contributed by atoms with van der Waals surface area (Å²) in [5, 5.41) is 12.4. The Labute approximate surface area is 234 Å². The molecule has 0 aliphatic rings. The maximum absolute atomic E-state index is 4.28. The Kier molecular flexibility index (Phi) is 12.8. The summed E-state index contributed by atoms with van der Waals surface area (Å²) in [6.07, 6.45) is 10.7. The van der Waals surface area contributed by atoms with Gasteiger partial charge in [-0.2, -0.15) is 0 Å². The van der Waals surface area contributed by atoms with Crippen LogP contribution in [0.2, 0.25) is 0 Å². The first kappa shape index (κ1) is 28.8. The molecule has 0 saturated carbocycles. The van der Waals surface area contributed by atoms with E-state index in [0.29, 0.717) is 8.64 Å². The first-order valence-corrected chi connectivity index (χ1v) is 13.3. The second-order valence-electron chi connectivity index (χ2n) is 6.54. The molecular weight excluding hydrogens is 556 g/mol. The van der Waals surface area contributed by atoms with E-state index in [4.69, 9.17) is 0 Å². The summed E-state index contributed by atoms with van der Waals surface area (Å²) in [7, 11) is 0. The first-order chi connectivity index (χ1) is 16.6. The molecule has 0 unspecified atom stereocenters. The van der Waals surface area contributed by atoms with Crippen molar-refractivity contribution in [3.63, 3.8) is 0 Å². The minimum absolute atomic E-state index is 0. The average molecular weight is 578 g/mol. The molecule has 0 amide bonds. The number of hydrogen-bond donors (Lipinski definition) is 0. The largest absolute Gasteiger partial charge is 2.00 e. The molecule has 0 saturated heterocycles. The summed E-state index contributed by atoms with van der Waals surface area (Å²) in [4.78, 5) is 8.56. The van der Waals surface area contributed by atoms with Gasteiger partial charge in [-0.25, -0.2) is 0 Å². The van der Waals surface area contributed by atoms with Crippen LogP contribution in [0.25, 0.3) is 32.4 Å². The van der Waals surface area contributed by atoms with Gasteiger partial charge in [-0.15, -0.1) is 0 Å². The molecule has 2 aromatic carbocycles. The van der Waals surface area contributed by atoms with Crippen molar-refractivity contribution in [2.75, 3.05) is 12.5 Å². The molecule has 0 N–H and O–H groups in total. The molecule has 0 aliphatic carbocycles. The number of thioether (sulfide) groups is 2. The van der Waals surface area contributed by atoms with Crippen LogP contribution in [0.15, 0.2) is 83.3 Å². The van der Waals surface area contributed by atoms with Gasteiger partial charge in [0.1, 0.15) is 0 Å². The maximum atomic E-state index is 4.28. The average Bonchev–Trinajstić information content (AvgIpc) is 2.89. The van der Waals surface area contributed by atoms with Gasteiger partial charge in [0.25, 0.3) is 0 Å². The van der Waals surface area contributed by atoms with Gasteiger partial charge in [0.2, 0.25) is 0 Å². The molecule has 177 valence electrons. The molecule has 2 heterocycles. The van der Waals surface area contributed by atoms with E-state index in [2.05, 4.69) is 55.5 Å². The molecule has 0 spiro atoms. The third kappa shape index (κ3) is 9.29. The van der Waals surface area contributed by atoms with Gasteiger partial charge in [0.15, 0.2) is 33.1 Å². The third-order valence-corrected chi connectivity index (χ3v) is 6.55. The first-order valence-electron chi connectivity index (χ1n) is 9.97. The summed E-state index contributed by atoms with van der Waals surface area (Å²) in [5.41, 5.74) is 9.41. The molecule has 0 bridgehead atoms. The summed E-state index contributed by atoms with van der Waals surface area (Å²) < 4.78 is 1.25. The van der Waals surface area contributed by atoms with Crippen molar-refractivity contribution in [3.05, 3.63) is 95.3 Å². The van der Waals surface area contributed by atoms with Gasteiger partial charge < -0.3 is 21.1 Å². The molecule has 0 atom stereocenters. The number of aromatic nitrogens is 2. The summed E-state index contributed by atoms with van der Waals surface area (Å²) >= 11 is 11.1. The Hall–Kier alpha value is -2.40. The van der Waals surface area contributed by atoms with Crippen LogP contribution in [0.1, 0.15) is 11.4 Å². The van der Waals surface area contributed by atoms with Crippen LogP contribution in [0.5, 0.6) is 0 Å². The Morgan fingerprint density at radius 3 is 2.09 bits per heavy atom. The van der Waals surface area contributed by atoms with Crippen molar-refractivity contribution in [1.82, 2.24) is 9.97 Å². The topological polar surface area (TPSA) is 78.7 Å². The molecule has 4 rings (SSSR count). The number of nitrogens with zero attached hydrogens (tertiary/aromatic N) is 6. The van der Waals surface area contributed by atoms with Crippen LogP contribution in [-0.2, 0) is 41.5 Å². The zero-order chi connectivity index (χ0) is 24.2. The summed E-state index contributed by atoms with van der Waals surface area (Å²) in [5.74, 6) is 0. The standard InChI is InChI=1S/2C12H11N3S2.Mn/c1-17-12(16)15-14-8-11-6-9-4-2-3-5-10(9)7-13-11;1-17-12(16)15-14-8-11-10-5-3-2-4-9(10)6-7-13-11;/h2*2-8H,1H3,(H,13,15,16);/q;;+2. The van der Waals surface area contributed by atoms with E-state index < -0.39 is 0 Å². The minimum atomic E-state index is 0. The molecule has 11 heteroatoms. The molecule has 4 aromatic rings. The van der Waals surface area contributed by atoms with Crippen LogP contribution in [0.4, 0.5) is 0 Å². The van der Waals surface area contributed by atoms with Crippen molar-refractivity contribution in [2.45, 2.75) is 0 Å². The Bertz CT molecular complexity index is 1330. The molecule has 2 aromatic heterocycles. The van der Waals surface area contributed by atoms with Gasteiger partial charge >= 0.3 is 17.1 Å². The van der Waals surface area contributed by atoms with Crippen LogP contribution in [0.3, 0.4) is 0 Å². The van der Waals surface area contributed by atoms with Crippen molar-refractivity contribution in [3.8, 4) is 0 Å².